The standard InChI is InChI=1S/C12H18N2O2/c1-8-4-5-10(15)9(6-8)11(16)14-7-12(2,3)13/h4-6,15H,7,13H2,1-3H3,(H,14,16). The highest BCUT2D eigenvalue weighted by molar-refractivity contribution is 5.97. The van der Waals surface area contributed by atoms with Crippen molar-refractivity contribution in [2.24, 2.45) is 5.73 Å². The number of amides is 1. The van der Waals surface area contributed by atoms with Crippen LogP contribution in [0.25, 0.3) is 0 Å². The second kappa shape index (κ2) is 4.53. The van der Waals surface area contributed by atoms with Crippen LogP contribution < -0.4 is 11.1 Å². The van der Waals surface area contributed by atoms with Gasteiger partial charge in [-0.05, 0) is 32.9 Å². The van der Waals surface area contributed by atoms with Crippen LogP contribution in [-0.2, 0) is 0 Å². The maximum absolute atomic E-state index is 11.7. The van der Waals surface area contributed by atoms with Crippen molar-refractivity contribution in [2.45, 2.75) is 26.3 Å². The fourth-order valence-corrected chi connectivity index (χ4v) is 1.24. The summed E-state index contributed by atoms with van der Waals surface area (Å²) in [5, 5.41) is 12.2. The van der Waals surface area contributed by atoms with E-state index in [1.165, 1.54) is 6.07 Å². The number of rotatable bonds is 3. The lowest BCUT2D eigenvalue weighted by molar-refractivity contribution is 0.0943. The minimum atomic E-state index is -0.463. The largest absolute Gasteiger partial charge is 0.507 e. The zero-order chi connectivity index (χ0) is 12.3. The van der Waals surface area contributed by atoms with E-state index in [-0.39, 0.29) is 17.2 Å². The fraction of sp³-hybridized carbons (Fsp3) is 0.417. The number of nitrogens with two attached hydrogens (primary N) is 1. The second-order valence-electron chi connectivity index (χ2n) is 4.69. The van der Waals surface area contributed by atoms with Crippen LogP contribution in [0.3, 0.4) is 0 Å². The minimum absolute atomic E-state index is 0.0158. The van der Waals surface area contributed by atoms with Gasteiger partial charge < -0.3 is 16.2 Å². The van der Waals surface area contributed by atoms with Gasteiger partial charge >= 0.3 is 0 Å². The Morgan fingerprint density at radius 3 is 2.69 bits per heavy atom. The number of aryl methyl sites for hydroxylation is 1. The van der Waals surface area contributed by atoms with Gasteiger partial charge in [-0.25, -0.2) is 0 Å². The molecule has 1 rings (SSSR count). The number of hydrogen-bond acceptors (Lipinski definition) is 3. The van der Waals surface area contributed by atoms with E-state index in [0.29, 0.717) is 6.54 Å². The SMILES string of the molecule is Cc1ccc(O)c(C(=O)NCC(C)(C)N)c1. The molecular weight excluding hydrogens is 204 g/mol. The summed E-state index contributed by atoms with van der Waals surface area (Å²) >= 11 is 0. The van der Waals surface area contributed by atoms with Crippen molar-refractivity contribution in [3.63, 3.8) is 0 Å². The van der Waals surface area contributed by atoms with E-state index in [0.717, 1.165) is 5.56 Å². The molecule has 0 atom stereocenters. The van der Waals surface area contributed by atoms with Crippen LogP contribution in [0.4, 0.5) is 0 Å². The Labute approximate surface area is 95.5 Å². The van der Waals surface area contributed by atoms with Gasteiger partial charge in [0.05, 0.1) is 5.56 Å². The van der Waals surface area contributed by atoms with Gasteiger partial charge in [0.25, 0.3) is 5.91 Å². The molecule has 1 aromatic rings. The normalized spacial score (nSPS) is 11.2. The average Bonchev–Trinajstić information content (AvgIpc) is 2.17. The predicted octanol–water partition coefficient (Wildman–Crippen LogP) is 1.17. The summed E-state index contributed by atoms with van der Waals surface area (Å²) in [4.78, 5) is 11.7. The number of phenolic OH excluding ortho intramolecular Hbond substituents is 1. The summed E-state index contributed by atoms with van der Waals surface area (Å²) < 4.78 is 0. The van der Waals surface area contributed by atoms with Gasteiger partial charge in [-0.2, -0.15) is 0 Å². The highest BCUT2D eigenvalue weighted by Gasteiger charge is 2.15. The monoisotopic (exact) mass is 222 g/mol. The van der Waals surface area contributed by atoms with E-state index in [1.54, 1.807) is 12.1 Å². The van der Waals surface area contributed by atoms with Gasteiger partial charge in [0.1, 0.15) is 5.75 Å². The summed E-state index contributed by atoms with van der Waals surface area (Å²) in [5.74, 6) is -0.322. The highest BCUT2D eigenvalue weighted by atomic mass is 16.3. The maximum atomic E-state index is 11.7. The molecule has 0 spiro atoms. The molecule has 0 saturated heterocycles. The van der Waals surface area contributed by atoms with E-state index in [4.69, 9.17) is 5.73 Å². The Morgan fingerprint density at radius 1 is 1.50 bits per heavy atom. The van der Waals surface area contributed by atoms with Crippen LogP contribution in [0.2, 0.25) is 0 Å². The molecule has 1 aromatic carbocycles. The van der Waals surface area contributed by atoms with Crippen LogP contribution in [0, 0.1) is 6.92 Å². The van der Waals surface area contributed by atoms with E-state index in [9.17, 15) is 9.90 Å². The van der Waals surface area contributed by atoms with Gasteiger partial charge in [0, 0.05) is 12.1 Å². The van der Waals surface area contributed by atoms with Crippen molar-refractivity contribution in [1.29, 1.82) is 0 Å². The number of hydrogen-bond donors (Lipinski definition) is 3. The number of aromatic hydroxyl groups is 1. The second-order valence-corrected chi connectivity index (χ2v) is 4.69. The van der Waals surface area contributed by atoms with E-state index in [2.05, 4.69) is 5.32 Å². The first-order chi connectivity index (χ1) is 7.29. The maximum Gasteiger partial charge on any atom is 0.255 e. The molecule has 0 saturated carbocycles. The summed E-state index contributed by atoms with van der Waals surface area (Å²) in [6.07, 6.45) is 0. The topological polar surface area (TPSA) is 75.3 Å². The third-order valence-electron chi connectivity index (χ3n) is 2.10. The lowest BCUT2D eigenvalue weighted by atomic mass is 10.1. The predicted molar refractivity (Wildman–Crippen MR) is 63.4 cm³/mol. The Bertz CT molecular complexity index is 394. The molecule has 0 aliphatic heterocycles. The van der Waals surface area contributed by atoms with E-state index in [1.807, 2.05) is 20.8 Å². The first kappa shape index (κ1) is 12.5. The summed E-state index contributed by atoms with van der Waals surface area (Å²) in [6, 6.07) is 4.91. The molecule has 0 unspecified atom stereocenters. The molecule has 0 aliphatic rings. The molecule has 88 valence electrons. The van der Waals surface area contributed by atoms with Crippen LogP contribution in [0.1, 0.15) is 29.8 Å². The Balaban J connectivity index is 2.77. The van der Waals surface area contributed by atoms with Gasteiger partial charge in [0.15, 0.2) is 0 Å². The molecule has 4 nitrogen and oxygen atoms in total. The number of nitrogens with one attached hydrogen (secondary N) is 1. The summed E-state index contributed by atoms with van der Waals surface area (Å²) in [6.45, 7) is 5.87. The average molecular weight is 222 g/mol. The smallest absolute Gasteiger partial charge is 0.255 e. The van der Waals surface area contributed by atoms with Crippen LogP contribution in [0.5, 0.6) is 5.75 Å². The Kier molecular flexibility index (Phi) is 3.55. The van der Waals surface area contributed by atoms with Crippen molar-refractivity contribution in [3.8, 4) is 5.75 Å². The first-order valence-electron chi connectivity index (χ1n) is 5.16. The molecule has 0 bridgehead atoms. The fourth-order valence-electron chi connectivity index (χ4n) is 1.24. The Morgan fingerprint density at radius 2 is 2.12 bits per heavy atom. The zero-order valence-corrected chi connectivity index (χ0v) is 9.87. The third-order valence-corrected chi connectivity index (χ3v) is 2.10. The first-order valence-corrected chi connectivity index (χ1v) is 5.16. The zero-order valence-electron chi connectivity index (χ0n) is 9.87. The molecule has 0 fully saturated rings. The van der Waals surface area contributed by atoms with Crippen LogP contribution in [0.15, 0.2) is 18.2 Å². The van der Waals surface area contributed by atoms with Crippen molar-refractivity contribution in [1.82, 2.24) is 5.32 Å². The summed E-state index contributed by atoms with van der Waals surface area (Å²) in [5.41, 5.74) is 6.50. The van der Waals surface area contributed by atoms with Crippen molar-refractivity contribution < 1.29 is 9.90 Å². The molecule has 0 aliphatic carbocycles. The summed E-state index contributed by atoms with van der Waals surface area (Å²) in [7, 11) is 0. The number of benzene rings is 1. The lowest BCUT2D eigenvalue weighted by Crippen LogP contribution is -2.45. The van der Waals surface area contributed by atoms with Gasteiger partial charge in [0.2, 0.25) is 0 Å². The lowest BCUT2D eigenvalue weighted by Gasteiger charge is -2.19. The molecule has 0 radical (unpaired) electrons. The number of phenols is 1. The number of carbonyl (C=O) groups excluding carboxylic acids is 1. The molecule has 1 amide bonds. The van der Waals surface area contributed by atoms with Gasteiger partial charge in [-0.3, -0.25) is 4.79 Å². The highest BCUT2D eigenvalue weighted by Crippen LogP contribution is 2.17. The molecule has 4 heteroatoms. The van der Waals surface area contributed by atoms with Gasteiger partial charge in [-0.15, -0.1) is 0 Å². The molecule has 4 N–H and O–H groups in total. The van der Waals surface area contributed by atoms with Crippen LogP contribution in [-0.4, -0.2) is 23.1 Å². The van der Waals surface area contributed by atoms with Crippen molar-refractivity contribution in [3.05, 3.63) is 29.3 Å². The molecule has 16 heavy (non-hydrogen) atoms. The van der Waals surface area contributed by atoms with Crippen LogP contribution >= 0.6 is 0 Å². The van der Waals surface area contributed by atoms with Gasteiger partial charge in [-0.1, -0.05) is 11.6 Å². The molecular formula is C12H18N2O2. The molecule has 0 heterocycles. The van der Waals surface area contributed by atoms with E-state index < -0.39 is 5.54 Å². The number of carbonyl (C=O) groups is 1. The minimum Gasteiger partial charge on any atom is -0.507 e. The van der Waals surface area contributed by atoms with Crippen molar-refractivity contribution in [2.75, 3.05) is 6.54 Å². The third kappa shape index (κ3) is 3.55. The molecule has 0 aromatic heterocycles. The Hall–Kier alpha value is -1.55. The quantitative estimate of drug-likeness (QED) is 0.718. The van der Waals surface area contributed by atoms with Crippen molar-refractivity contribution >= 4 is 5.91 Å². The van der Waals surface area contributed by atoms with E-state index >= 15 is 0 Å².